The molecule has 3 heterocycles. The van der Waals surface area contributed by atoms with Gasteiger partial charge < -0.3 is 9.47 Å². The monoisotopic (exact) mass is 336 g/mol. The quantitative estimate of drug-likeness (QED) is 0.850. The lowest BCUT2D eigenvalue weighted by atomic mass is 9.97. The molecule has 124 valence electrons. The van der Waals surface area contributed by atoms with Crippen molar-refractivity contribution in [2.24, 2.45) is 13.0 Å². The van der Waals surface area contributed by atoms with E-state index in [1.807, 2.05) is 0 Å². The molecule has 1 fully saturated rings. The fourth-order valence-corrected chi connectivity index (χ4v) is 3.71. The zero-order valence-corrected chi connectivity index (χ0v) is 13.8. The van der Waals surface area contributed by atoms with Gasteiger partial charge in [0, 0.05) is 45.3 Å². The van der Waals surface area contributed by atoms with Gasteiger partial charge in [-0.2, -0.15) is 0 Å². The van der Waals surface area contributed by atoms with E-state index in [4.69, 9.17) is 0 Å². The Hall–Kier alpha value is -2.00. The first-order valence-electron chi connectivity index (χ1n) is 7.54. The Labute approximate surface area is 135 Å². The lowest BCUT2D eigenvalue weighted by molar-refractivity contribution is 0.399. The van der Waals surface area contributed by atoms with Crippen LogP contribution in [0.3, 0.4) is 0 Å². The van der Waals surface area contributed by atoms with Crippen molar-refractivity contribution in [1.29, 1.82) is 0 Å². The first kappa shape index (κ1) is 15.9. The SMILES string of the molecule is Cn1cnc(S(=O)(=O)NCC2CCN(c3ncccn3)CC2)c1. The van der Waals surface area contributed by atoms with Crippen LogP contribution in [-0.4, -0.2) is 47.6 Å². The first-order valence-corrected chi connectivity index (χ1v) is 9.02. The van der Waals surface area contributed by atoms with Gasteiger partial charge in [-0.25, -0.2) is 28.1 Å². The third-order valence-corrected chi connectivity index (χ3v) is 5.28. The second kappa shape index (κ2) is 6.63. The molecule has 0 aromatic carbocycles. The largest absolute Gasteiger partial charge is 0.341 e. The molecule has 3 rings (SSSR count). The highest BCUT2D eigenvalue weighted by molar-refractivity contribution is 7.89. The van der Waals surface area contributed by atoms with Gasteiger partial charge in [0.1, 0.15) is 0 Å². The summed E-state index contributed by atoms with van der Waals surface area (Å²) in [6, 6.07) is 1.79. The van der Waals surface area contributed by atoms with Crippen molar-refractivity contribution in [2.75, 3.05) is 24.5 Å². The Morgan fingerprint density at radius 3 is 2.52 bits per heavy atom. The van der Waals surface area contributed by atoms with E-state index in [1.54, 1.807) is 30.1 Å². The predicted molar refractivity (Wildman–Crippen MR) is 85.4 cm³/mol. The number of hydrogen-bond donors (Lipinski definition) is 1. The zero-order chi connectivity index (χ0) is 16.3. The number of aromatic nitrogens is 4. The van der Waals surface area contributed by atoms with Gasteiger partial charge in [-0.05, 0) is 24.8 Å². The number of nitrogens with zero attached hydrogens (tertiary/aromatic N) is 5. The lowest BCUT2D eigenvalue weighted by Gasteiger charge is -2.31. The van der Waals surface area contributed by atoms with Gasteiger partial charge in [0.25, 0.3) is 10.0 Å². The summed E-state index contributed by atoms with van der Waals surface area (Å²) in [6.45, 7) is 2.10. The maximum Gasteiger partial charge on any atom is 0.259 e. The molecule has 0 unspecified atom stereocenters. The molecule has 0 atom stereocenters. The molecule has 23 heavy (non-hydrogen) atoms. The van der Waals surface area contributed by atoms with Crippen LogP contribution in [0.25, 0.3) is 0 Å². The summed E-state index contributed by atoms with van der Waals surface area (Å²) >= 11 is 0. The van der Waals surface area contributed by atoms with Crippen molar-refractivity contribution >= 4 is 16.0 Å². The van der Waals surface area contributed by atoms with Gasteiger partial charge in [-0.15, -0.1) is 0 Å². The lowest BCUT2D eigenvalue weighted by Crippen LogP contribution is -2.39. The Kier molecular flexibility index (Phi) is 4.58. The number of aryl methyl sites for hydroxylation is 1. The maximum atomic E-state index is 12.2. The minimum absolute atomic E-state index is 0.0649. The molecule has 2 aromatic rings. The zero-order valence-electron chi connectivity index (χ0n) is 13.0. The van der Waals surface area contributed by atoms with Crippen LogP contribution in [0, 0.1) is 5.92 Å². The summed E-state index contributed by atoms with van der Waals surface area (Å²) in [7, 11) is -1.78. The van der Waals surface area contributed by atoms with Crippen LogP contribution in [0.2, 0.25) is 0 Å². The minimum Gasteiger partial charge on any atom is -0.341 e. The van der Waals surface area contributed by atoms with Gasteiger partial charge in [0.15, 0.2) is 5.03 Å². The third kappa shape index (κ3) is 3.85. The predicted octanol–water partition coefficient (Wildman–Crippen LogP) is 0.405. The molecule has 2 aromatic heterocycles. The van der Waals surface area contributed by atoms with E-state index in [2.05, 4.69) is 24.6 Å². The molecule has 0 saturated carbocycles. The van der Waals surface area contributed by atoms with Crippen molar-refractivity contribution < 1.29 is 8.42 Å². The third-order valence-electron chi connectivity index (χ3n) is 3.97. The van der Waals surface area contributed by atoms with Crippen LogP contribution in [0.5, 0.6) is 0 Å². The number of hydrogen-bond acceptors (Lipinski definition) is 6. The molecule has 0 amide bonds. The molecule has 1 aliphatic rings. The fourth-order valence-electron chi connectivity index (χ4n) is 2.62. The number of imidazole rings is 1. The summed E-state index contributed by atoms with van der Waals surface area (Å²) in [6.07, 6.45) is 8.25. The maximum absolute atomic E-state index is 12.2. The normalized spacial score (nSPS) is 16.7. The Morgan fingerprint density at radius 2 is 1.91 bits per heavy atom. The van der Waals surface area contributed by atoms with Crippen molar-refractivity contribution in [3.63, 3.8) is 0 Å². The number of piperidine rings is 1. The van der Waals surface area contributed by atoms with E-state index < -0.39 is 10.0 Å². The van der Waals surface area contributed by atoms with Gasteiger partial charge in [0.2, 0.25) is 5.95 Å². The molecular weight excluding hydrogens is 316 g/mol. The Morgan fingerprint density at radius 1 is 1.22 bits per heavy atom. The summed E-state index contributed by atoms with van der Waals surface area (Å²) < 4.78 is 28.6. The van der Waals surface area contributed by atoms with E-state index in [0.29, 0.717) is 12.5 Å². The Bertz CT molecular complexity index is 738. The van der Waals surface area contributed by atoms with Gasteiger partial charge in [-0.1, -0.05) is 0 Å². The summed E-state index contributed by atoms with van der Waals surface area (Å²) in [4.78, 5) is 14.5. The van der Waals surface area contributed by atoms with E-state index in [9.17, 15) is 8.42 Å². The summed E-state index contributed by atoms with van der Waals surface area (Å²) in [5, 5.41) is 0.0649. The molecule has 1 saturated heterocycles. The van der Waals surface area contributed by atoms with E-state index in [0.717, 1.165) is 31.9 Å². The number of sulfonamides is 1. The van der Waals surface area contributed by atoms with Crippen LogP contribution in [-0.2, 0) is 17.1 Å². The number of anilines is 1. The molecular formula is C14H20N6O2S. The molecule has 1 N–H and O–H groups in total. The molecule has 0 radical (unpaired) electrons. The molecule has 0 aliphatic carbocycles. The van der Waals surface area contributed by atoms with Crippen molar-refractivity contribution in [2.45, 2.75) is 17.9 Å². The molecule has 9 heteroatoms. The molecule has 8 nitrogen and oxygen atoms in total. The fraction of sp³-hybridized carbons (Fsp3) is 0.500. The average Bonchev–Trinajstić information content (AvgIpc) is 3.02. The second-order valence-electron chi connectivity index (χ2n) is 5.71. The topological polar surface area (TPSA) is 93.0 Å². The second-order valence-corrected chi connectivity index (χ2v) is 7.42. The molecule has 0 spiro atoms. The van der Waals surface area contributed by atoms with Crippen molar-refractivity contribution in [3.8, 4) is 0 Å². The van der Waals surface area contributed by atoms with Crippen molar-refractivity contribution in [3.05, 3.63) is 31.0 Å². The number of rotatable bonds is 5. The highest BCUT2D eigenvalue weighted by Crippen LogP contribution is 2.20. The average molecular weight is 336 g/mol. The standard InChI is InChI=1S/C14H20N6O2S/c1-19-10-13(17-11-19)23(21,22)18-9-12-3-7-20(8-4-12)14-15-5-2-6-16-14/h2,5-6,10-12,18H,3-4,7-9H2,1H3. The van der Waals surface area contributed by atoms with E-state index >= 15 is 0 Å². The minimum atomic E-state index is -3.52. The number of nitrogens with one attached hydrogen (secondary N) is 1. The molecule has 1 aliphatic heterocycles. The summed E-state index contributed by atoms with van der Waals surface area (Å²) in [5.41, 5.74) is 0. The van der Waals surface area contributed by atoms with Crippen molar-refractivity contribution in [1.82, 2.24) is 24.2 Å². The van der Waals surface area contributed by atoms with Crippen LogP contribution in [0.15, 0.2) is 36.0 Å². The highest BCUT2D eigenvalue weighted by Gasteiger charge is 2.23. The highest BCUT2D eigenvalue weighted by atomic mass is 32.2. The van der Waals surface area contributed by atoms with Gasteiger partial charge in [0.05, 0.1) is 6.33 Å². The smallest absolute Gasteiger partial charge is 0.259 e. The molecule has 0 bridgehead atoms. The van der Waals surface area contributed by atoms with Gasteiger partial charge in [-0.3, -0.25) is 0 Å². The van der Waals surface area contributed by atoms with Gasteiger partial charge >= 0.3 is 0 Å². The van der Waals surface area contributed by atoms with Crippen LogP contribution in [0.1, 0.15) is 12.8 Å². The Balaban J connectivity index is 1.51. The van der Waals surface area contributed by atoms with Crippen LogP contribution in [0.4, 0.5) is 5.95 Å². The van der Waals surface area contributed by atoms with E-state index in [-0.39, 0.29) is 5.03 Å². The first-order chi connectivity index (χ1) is 11.0. The van der Waals surface area contributed by atoms with E-state index in [1.165, 1.54) is 12.5 Å². The van der Waals surface area contributed by atoms with Crippen LogP contribution >= 0.6 is 0 Å². The van der Waals surface area contributed by atoms with Crippen LogP contribution < -0.4 is 9.62 Å². The summed E-state index contributed by atoms with van der Waals surface area (Å²) in [5.74, 6) is 1.05.